The molecule has 0 amide bonds. The highest BCUT2D eigenvalue weighted by atomic mass is 35.5. The zero-order chi connectivity index (χ0) is 12.3. The van der Waals surface area contributed by atoms with Gasteiger partial charge in [-0.25, -0.2) is 0 Å². The number of ether oxygens (including phenoxy) is 1. The number of halogens is 2. The molecule has 0 radical (unpaired) electrons. The van der Waals surface area contributed by atoms with Crippen molar-refractivity contribution in [3.63, 3.8) is 0 Å². The molecule has 0 aromatic heterocycles. The molecule has 16 heavy (non-hydrogen) atoms. The molecule has 3 nitrogen and oxygen atoms in total. The summed E-state index contributed by atoms with van der Waals surface area (Å²) in [4.78, 5) is 0. The number of methoxy groups -OCH3 is 1. The Balaban J connectivity index is 3.27. The average molecular weight is 248 g/mol. The van der Waals surface area contributed by atoms with Crippen molar-refractivity contribution in [3.05, 3.63) is 22.5 Å². The first kappa shape index (κ1) is 13.1. The zero-order valence-corrected chi connectivity index (χ0v) is 10.0. The van der Waals surface area contributed by atoms with E-state index in [9.17, 15) is 9.50 Å². The molecule has 1 aromatic carbocycles. The van der Waals surface area contributed by atoms with E-state index in [1.807, 2.05) is 6.92 Å². The molecule has 0 aliphatic heterocycles. The van der Waals surface area contributed by atoms with E-state index in [2.05, 4.69) is 0 Å². The number of phenols is 1. The maximum atomic E-state index is 13.6. The molecule has 0 heterocycles. The van der Waals surface area contributed by atoms with Gasteiger partial charge in [0.15, 0.2) is 11.5 Å². The molecule has 0 saturated carbocycles. The molecule has 0 spiro atoms. The highest BCUT2D eigenvalue weighted by Gasteiger charge is 2.20. The Labute approximate surface area is 99.0 Å². The SMILES string of the molecule is COc1c(C(C)CCN)cc(Cl)c(O)c1F. The zero-order valence-electron chi connectivity index (χ0n) is 9.26. The Kier molecular flexibility index (Phi) is 4.38. The fraction of sp³-hybridized carbons (Fsp3) is 0.455. The molecule has 5 heteroatoms. The molecular weight excluding hydrogens is 233 g/mol. The van der Waals surface area contributed by atoms with E-state index >= 15 is 0 Å². The van der Waals surface area contributed by atoms with Crippen LogP contribution in [0.1, 0.15) is 24.8 Å². The van der Waals surface area contributed by atoms with Crippen molar-refractivity contribution in [1.82, 2.24) is 0 Å². The Morgan fingerprint density at radius 1 is 1.62 bits per heavy atom. The van der Waals surface area contributed by atoms with Gasteiger partial charge in [-0.2, -0.15) is 4.39 Å². The molecule has 0 saturated heterocycles. The number of rotatable bonds is 4. The van der Waals surface area contributed by atoms with Crippen molar-refractivity contribution < 1.29 is 14.2 Å². The van der Waals surface area contributed by atoms with Crippen LogP contribution in [0.4, 0.5) is 4.39 Å². The summed E-state index contributed by atoms with van der Waals surface area (Å²) in [5.74, 6) is -1.36. The molecule has 0 aliphatic carbocycles. The molecule has 0 aliphatic rings. The lowest BCUT2D eigenvalue weighted by Crippen LogP contribution is -2.07. The summed E-state index contributed by atoms with van der Waals surface area (Å²) >= 11 is 5.72. The Morgan fingerprint density at radius 2 is 2.25 bits per heavy atom. The van der Waals surface area contributed by atoms with Crippen LogP contribution in [0, 0.1) is 5.82 Å². The van der Waals surface area contributed by atoms with Gasteiger partial charge in [-0.1, -0.05) is 18.5 Å². The predicted molar refractivity (Wildman–Crippen MR) is 61.7 cm³/mol. The van der Waals surface area contributed by atoms with Gasteiger partial charge >= 0.3 is 0 Å². The van der Waals surface area contributed by atoms with Crippen LogP contribution in [0.2, 0.25) is 5.02 Å². The number of phenolic OH excluding ortho intramolecular Hbond substituents is 1. The van der Waals surface area contributed by atoms with Crippen molar-refractivity contribution in [2.24, 2.45) is 5.73 Å². The maximum absolute atomic E-state index is 13.6. The highest BCUT2D eigenvalue weighted by molar-refractivity contribution is 6.32. The van der Waals surface area contributed by atoms with Crippen LogP contribution in [0.5, 0.6) is 11.5 Å². The van der Waals surface area contributed by atoms with Gasteiger partial charge in [0, 0.05) is 5.56 Å². The van der Waals surface area contributed by atoms with Crippen LogP contribution < -0.4 is 10.5 Å². The lowest BCUT2D eigenvalue weighted by molar-refractivity contribution is 0.357. The molecule has 1 unspecified atom stereocenters. The molecule has 1 rings (SSSR count). The van der Waals surface area contributed by atoms with Crippen molar-refractivity contribution in [3.8, 4) is 11.5 Å². The Morgan fingerprint density at radius 3 is 2.75 bits per heavy atom. The topological polar surface area (TPSA) is 55.5 Å². The molecule has 90 valence electrons. The molecule has 1 aromatic rings. The van der Waals surface area contributed by atoms with E-state index in [0.717, 1.165) is 0 Å². The second kappa shape index (κ2) is 5.37. The highest BCUT2D eigenvalue weighted by Crippen LogP contribution is 2.39. The van der Waals surface area contributed by atoms with Crippen molar-refractivity contribution in [2.75, 3.05) is 13.7 Å². The van der Waals surface area contributed by atoms with Crippen LogP contribution in [-0.2, 0) is 0 Å². The minimum Gasteiger partial charge on any atom is -0.504 e. The van der Waals surface area contributed by atoms with Gasteiger partial charge in [0.1, 0.15) is 0 Å². The second-order valence-electron chi connectivity index (χ2n) is 3.62. The third kappa shape index (κ3) is 2.39. The minimum absolute atomic E-state index is 0.0165. The summed E-state index contributed by atoms with van der Waals surface area (Å²) in [6, 6.07) is 1.51. The van der Waals surface area contributed by atoms with Gasteiger partial charge in [0.2, 0.25) is 5.82 Å². The third-order valence-electron chi connectivity index (χ3n) is 2.51. The van der Waals surface area contributed by atoms with Gasteiger partial charge < -0.3 is 15.6 Å². The first-order chi connectivity index (χ1) is 7.52. The molecule has 3 N–H and O–H groups in total. The fourth-order valence-corrected chi connectivity index (χ4v) is 1.79. The lowest BCUT2D eigenvalue weighted by Gasteiger charge is -2.16. The van der Waals surface area contributed by atoms with Gasteiger partial charge in [-0.15, -0.1) is 0 Å². The van der Waals surface area contributed by atoms with Crippen molar-refractivity contribution in [2.45, 2.75) is 19.3 Å². The summed E-state index contributed by atoms with van der Waals surface area (Å²) in [5.41, 5.74) is 6.07. The summed E-state index contributed by atoms with van der Waals surface area (Å²) in [7, 11) is 1.35. The normalized spacial score (nSPS) is 12.6. The fourth-order valence-electron chi connectivity index (χ4n) is 1.59. The van der Waals surface area contributed by atoms with Crippen molar-refractivity contribution in [1.29, 1.82) is 0 Å². The largest absolute Gasteiger partial charge is 0.504 e. The van der Waals surface area contributed by atoms with E-state index in [0.29, 0.717) is 18.5 Å². The number of hydrogen-bond acceptors (Lipinski definition) is 3. The van der Waals surface area contributed by atoms with Crippen LogP contribution in [-0.4, -0.2) is 18.8 Å². The smallest absolute Gasteiger partial charge is 0.208 e. The Bertz CT molecular complexity index is 385. The summed E-state index contributed by atoms with van der Waals surface area (Å²) in [5, 5.41) is 9.33. The number of nitrogens with two attached hydrogens (primary N) is 1. The van der Waals surface area contributed by atoms with Crippen LogP contribution in [0.25, 0.3) is 0 Å². The molecule has 0 fully saturated rings. The molecule has 1 atom stereocenters. The number of aromatic hydroxyl groups is 1. The lowest BCUT2D eigenvalue weighted by atomic mass is 9.96. The molecular formula is C11H15ClFNO2. The summed E-state index contributed by atoms with van der Waals surface area (Å²) in [6.07, 6.45) is 0.691. The first-order valence-corrected chi connectivity index (χ1v) is 5.35. The predicted octanol–water partition coefficient (Wildman–Crippen LogP) is 2.65. The van der Waals surface area contributed by atoms with E-state index in [1.165, 1.54) is 13.2 Å². The standard InChI is InChI=1S/C11H15ClFNO2/c1-6(3-4-14)7-5-8(12)10(15)9(13)11(7)16-2/h5-6,15H,3-4,14H2,1-2H3. The van der Waals surface area contributed by atoms with Gasteiger partial charge in [0.25, 0.3) is 0 Å². The quantitative estimate of drug-likeness (QED) is 0.860. The summed E-state index contributed by atoms with van der Waals surface area (Å²) in [6.45, 7) is 2.39. The van der Waals surface area contributed by atoms with E-state index in [4.69, 9.17) is 22.1 Å². The third-order valence-corrected chi connectivity index (χ3v) is 2.80. The van der Waals surface area contributed by atoms with E-state index in [-0.39, 0.29) is 16.7 Å². The monoisotopic (exact) mass is 247 g/mol. The van der Waals surface area contributed by atoms with Gasteiger partial charge in [0.05, 0.1) is 12.1 Å². The minimum atomic E-state index is -0.825. The van der Waals surface area contributed by atoms with Gasteiger partial charge in [-0.3, -0.25) is 0 Å². The van der Waals surface area contributed by atoms with Crippen LogP contribution in [0.3, 0.4) is 0 Å². The number of benzene rings is 1. The van der Waals surface area contributed by atoms with Crippen LogP contribution >= 0.6 is 11.6 Å². The van der Waals surface area contributed by atoms with Crippen LogP contribution in [0.15, 0.2) is 6.07 Å². The van der Waals surface area contributed by atoms with Gasteiger partial charge in [-0.05, 0) is 24.9 Å². The first-order valence-electron chi connectivity index (χ1n) is 4.97. The maximum Gasteiger partial charge on any atom is 0.208 e. The molecule has 0 bridgehead atoms. The van der Waals surface area contributed by atoms with E-state index in [1.54, 1.807) is 0 Å². The Hall–Kier alpha value is -1.00. The second-order valence-corrected chi connectivity index (χ2v) is 4.03. The van der Waals surface area contributed by atoms with Crippen molar-refractivity contribution >= 4 is 11.6 Å². The number of hydrogen-bond donors (Lipinski definition) is 2. The average Bonchev–Trinajstić information content (AvgIpc) is 2.26. The van der Waals surface area contributed by atoms with E-state index < -0.39 is 11.6 Å². The summed E-state index contributed by atoms with van der Waals surface area (Å²) < 4.78 is 18.6.